The number of hydrogen-bond acceptors (Lipinski definition) is 6. The zero-order valence-corrected chi connectivity index (χ0v) is 23.4. The third-order valence-corrected chi connectivity index (χ3v) is 7.76. The lowest BCUT2D eigenvalue weighted by atomic mass is 9.94. The zero-order valence-electron chi connectivity index (χ0n) is 20.2. The lowest BCUT2D eigenvalue weighted by molar-refractivity contribution is -0.127. The van der Waals surface area contributed by atoms with Gasteiger partial charge in [-0.3, -0.25) is 14.2 Å². The topological polar surface area (TPSA) is 84.1 Å². The van der Waals surface area contributed by atoms with Crippen molar-refractivity contribution in [2.24, 2.45) is 4.99 Å². The van der Waals surface area contributed by atoms with Gasteiger partial charge in [-0.15, -0.1) is 0 Å². The first-order chi connectivity index (χ1) is 17.2. The summed E-state index contributed by atoms with van der Waals surface area (Å²) in [7, 11) is 1.46. The highest BCUT2D eigenvalue weighted by Gasteiger charge is 2.34. The highest BCUT2D eigenvalue weighted by molar-refractivity contribution is 9.10. The number of hydrogen-bond donors (Lipinski definition) is 1. The Balaban J connectivity index is 1.98. The Labute approximate surface area is 225 Å². The van der Waals surface area contributed by atoms with Crippen molar-refractivity contribution >= 4 is 50.9 Å². The summed E-state index contributed by atoms with van der Waals surface area (Å²) in [5.74, 6) is 0.0459. The molecule has 1 N–H and O–H groups in total. The molecule has 188 valence electrons. The Morgan fingerprint density at radius 2 is 1.94 bits per heavy atom. The van der Waals surface area contributed by atoms with Crippen LogP contribution >= 0.6 is 38.9 Å². The van der Waals surface area contributed by atoms with Crippen LogP contribution in [0, 0.1) is 0 Å². The molecule has 1 amide bonds. The summed E-state index contributed by atoms with van der Waals surface area (Å²) < 4.78 is 7.85. The zero-order chi connectivity index (χ0) is 26.1. The van der Waals surface area contributed by atoms with Crippen LogP contribution in [0.2, 0.25) is 5.02 Å². The van der Waals surface area contributed by atoms with E-state index in [0.717, 1.165) is 5.56 Å². The Hall–Kier alpha value is -2.88. The molecule has 7 nitrogen and oxygen atoms in total. The summed E-state index contributed by atoms with van der Waals surface area (Å²) in [6.45, 7) is 6.70. The second kappa shape index (κ2) is 10.6. The first-order valence-corrected chi connectivity index (χ1v) is 13.3. The molecule has 1 atom stereocenters. The van der Waals surface area contributed by atoms with Gasteiger partial charge < -0.3 is 14.7 Å². The number of benzene rings is 2. The van der Waals surface area contributed by atoms with E-state index in [1.165, 1.54) is 18.4 Å². The summed E-state index contributed by atoms with van der Waals surface area (Å²) in [4.78, 5) is 34.2. The standard InChI is InChI=1S/C26H25BrClN3O4S/c1-5-30(6-2)25(34)21-14(3)29-26-31(22(21)15-7-9-18(28)10-8-15)24(33)20(36-26)12-16-11-17(27)13-19(35-4)23(16)32/h7-13,22,32H,5-6H2,1-4H3/b20-12+/t22-/m0/s1. The first-order valence-electron chi connectivity index (χ1n) is 11.3. The molecule has 0 unspecified atom stereocenters. The summed E-state index contributed by atoms with van der Waals surface area (Å²) in [5, 5.41) is 11.2. The molecule has 0 spiro atoms. The minimum atomic E-state index is -0.667. The van der Waals surface area contributed by atoms with E-state index in [-0.39, 0.29) is 23.0 Å². The van der Waals surface area contributed by atoms with Crippen LogP contribution in [0.3, 0.4) is 0 Å². The molecule has 2 aromatic carbocycles. The van der Waals surface area contributed by atoms with Crippen LogP contribution in [-0.4, -0.2) is 40.7 Å². The average Bonchev–Trinajstić information content (AvgIpc) is 3.15. The van der Waals surface area contributed by atoms with Crippen LogP contribution in [0.5, 0.6) is 11.5 Å². The summed E-state index contributed by atoms with van der Waals surface area (Å²) >= 11 is 10.7. The molecule has 0 fully saturated rings. The average molecular weight is 591 g/mol. The largest absolute Gasteiger partial charge is 0.504 e. The van der Waals surface area contributed by atoms with Crippen molar-refractivity contribution in [1.82, 2.24) is 9.47 Å². The van der Waals surface area contributed by atoms with Gasteiger partial charge in [0.05, 0.1) is 29.0 Å². The predicted molar refractivity (Wildman–Crippen MR) is 146 cm³/mol. The second-order valence-electron chi connectivity index (χ2n) is 8.16. The van der Waals surface area contributed by atoms with Gasteiger partial charge >= 0.3 is 0 Å². The van der Waals surface area contributed by atoms with Crippen molar-refractivity contribution in [1.29, 1.82) is 0 Å². The van der Waals surface area contributed by atoms with Gasteiger partial charge in [0.1, 0.15) is 0 Å². The molecule has 10 heteroatoms. The fourth-order valence-corrected chi connectivity index (χ4v) is 5.86. The Morgan fingerprint density at radius 1 is 1.28 bits per heavy atom. The Kier molecular flexibility index (Phi) is 7.73. The van der Waals surface area contributed by atoms with E-state index < -0.39 is 6.04 Å². The second-order valence-corrected chi connectivity index (χ2v) is 10.5. The van der Waals surface area contributed by atoms with E-state index in [0.29, 0.717) is 48.8 Å². The number of aromatic hydroxyl groups is 1. The van der Waals surface area contributed by atoms with Crippen LogP contribution in [0.4, 0.5) is 0 Å². The smallest absolute Gasteiger partial charge is 0.271 e. The molecule has 1 aliphatic rings. The molecular weight excluding hydrogens is 566 g/mol. The molecule has 1 aromatic heterocycles. The van der Waals surface area contributed by atoms with Gasteiger partial charge in [0.15, 0.2) is 16.3 Å². The minimum Gasteiger partial charge on any atom is -0.504 e. The van der Waals surface area contributed by atoms with Crippen LogP contribution in [0.1, 0.15) is 37.9 Å². The lowest BCUT2D eigenvalue weighted by Gasteiger charge is -2.29. The molecule has 0 radical (unpaired) electrons. The van der Waals surface area contributed by atoms with Crippen LogP contribution in [-0.2, 0) is 4.79 Å². The van der Waals surface area contributed by atoms with E-state index in [2.05, 4.69) is 20.9 Å². The van der Waals surface area contributed by atoms with E-state index in [4.69, 9.17) is 16.3 Å². The highest BCUT2D eigenvalue weighted by Crippen LogP contribution is 2.34. The van der Waals surface area contributed by atoms with Gasteiger partial charge in [0, 0.05) is 28.1 Å². The molecule has 2 heterocycles. The van der Waals surface area contributed by atoms with Gasteiger partial charge in [-0.1, -0.05) is 51.0 Å². The molecule has 0 saturated carbocycles. The number of thiazole rings is 1. The Morgan fingerprint density at radius 3 is 2.56 bits per heavy atom. The summed E-state index contributed by atoms with van der Waals surface area (Å²) in [6.07, 6.45) is 1.61. The van der Waals surface area contributed by atoms with E-state index >= 15 is 0 Å². The Bertz CT molecular complexity index is 1540. The van der Waals surface area contributed by atoms with E-state index in [1.807, 2.05) is 26.0 Å². The third-order valence-electron chi connectivity index (χ3n) is 6.06. The van der Waals surface area contributed by atoms with Crippen molar-refractivity contribution < 1.29 is 14.6 Å². The number of aromatic nitrogens is 1. The molecule has 36 heavy (non-hydrogen) atoms. The van der Waals surface area contributed by atoms with Gasteiger partial charge in [0.25, 0.3) is 11.5 Å². The lowest BCUT2D eigenvalue weighted by Crippen LogP contribution is -2.43. The number of methoxy groups -OCH3 is 1. The number of carbonyl (C=O) groups excluding carboxylic acids is 1. The van der Waals surface area contributed by atoms with Crippen molar-refractivity contribution in [2.45, 2.75) is 26.8 Å². The van der Waals surface area contributed by atoms with Gasteiger partial charge in [-0.05, 0) is 56.7 Å². The number of phenols is 1. The number of phenolic OH excluding ortho intramolecular Hbond substituents is 1. The van der Waals surface area contributed by atoms with Gasteiger partial charge in [-0.25, -0.2) is 4.99 Å². The SMILES string of the molecule is CCN(CC)C(=O)C1=C(C)N=c2s/c(=C/c3cc(Br)cc(OC)c3O)c(=O)n2[C@H]1c1ccc(Cl)cc1. The number of fused-ring (bicyclic) bond motifs is 1. The summed E-state index contributed by atoms with van der Waals surface area (Å²) in [5.41, 5.74) is 1.88. The molecule has 1 aliphatic heterocycles. The number of likely N-dealkylation sites (N-methyl/N-ethyl adjacent to an activating group) is 1. The minimum absolute atomic E-state index is 0.0747. The molecule has 0 saturated heterocycles. The summed E-state index contributed by atoms with van der Waals surface area (Å²) in [6, 6.07) is 9.81. The monoisotopic (exact) mass is 589 g/mol. The fourth-order valence-electron chi connectivity index (χ4n) is 4.24. The van der Waals surface area contributed by atoms with Gasteiger partial charge in [-0.2, -0.15) is 0 Å². The molecule has 3 aromatic rings. The number of rotatable bonds is 6. The molecule has 0 bridgehead atoms. The van der Waals surface area contributed by atoms with Crippen LogP contribution < -0.4 is 19.6 Å². The third kappa shape index (κ3) is 4.75. The maximum atomic E-state index is 13.8. The number of nitrogens with zero attached hydrogens (tertiary/aromatic N) is 3. The maximum absolute atomic E-state index is 13.8. The predicted octanol–water partition coefficient (Wildman–Crippen LogP) is 4.23. The van der Waals surface area contributed by atoms with Gasteiger partial charge in [0.2, 0.25) is 0 Å². The molecule has 0 aliphatic carbocycles. The van der Waals surface area contributed by atoms with E-state index in [9.17, 15) is 14.7 Å². The normalized spacial score (nSPS) is 15.5. The van der Waals surface area contributed by atoms with Crippen molar-refractivity contribution in [3.8, 4) is 11.5 Å². The van der Waals surface area contributed by atoms with E-state index in [1.54, 1.807) is 46.7 Å². The first kappa shape index (κ1) is 26.2. The number of allylic oxidation sites excluding steroid dienone is 1. The number of carbonyl (C=O) groups is 1. The number of halogens is 2. The molecular formula is C26H25BrClN3O4S. The number of amides is 1. The van der Waals surface area contributed by atoms with Crippen LogP contribution in [0.15, 0.2) is 61.9 Å². The van der Waals surface area contributed by atoms with Crippen molar-refractivity contribution in [2.75, 3.05) is 20.2 Å². The number of ether oxygens (including phenoxy) is 1. The van der Waals surface area contributed by atoms with Crippen molar-refractivity contribution in [3.63, 3.8) is 0 Å². The van der Waals surface area contributed by atoms with Crippen molar-refractivity contribution in [3.05, 3.63) is 88.0 Å². The highest BCUT2D eigenvalue weighted by atomic mass is 79.9. The van der Waals surface area contributed by atoms with Crippen LogP contribution in [0.25, 0.3) is 6.08 Å². The fraction of sp³-hybridized carbons (Fsp3) is 0.269. The molecule has 4 rings (SSSR count). The maximum Gasteiger partial charge on any atom is 0.271 e. The quantitative estimate of drug-likeness (QED) is 0.466.